The molecule has 16 bridgehead atoms. The summed E-state index contributed by atoms with van der Waals surface area (Å²) < 4.78 is 44.1. The van der Waals surface area contributed by atoms with Gasteiger partial charge in [-0.3, -0.25) is 9.59 Å². The maximum Gasteiger partial charge on any atom is 2.00 e. The zero-order valence-electron chi connectivity index (χ0n) is 76.2. The third-order valence-electron chi connectivity index (χ3n) is 22.2. The van der Waals surface area contributed by atoms with Crippen LogP contribution in [0.5, 0.6) is 46.0 Å². The van der Waals surface area contributed by atoms with Crippen molar-refractivity contribution in [3.63, 3.8) is 0 Å². The van der Waals surface area contributed by atoms with Crippen LogP contribution in [0.1, 0.15) is 70.5 Å². The van der Waals surface area contributed by atoms with Crippen molar-refractivity contribution in [2.45, 2.75) is 13.8 Å². The van der Waals surface area contributed by atoms with Gasteiger partial charge >= 0.3 is 43.4 Å². The number of nitrogens with zero attached hydrogens (tertiary/aromatic N) is 6. The van der Waals surface area contributed by atoms with Crippen LogP contribution in [0.4, 0.5) is 0 Å². The molecule has 10 heterocycles. The summed E-state index contributed by atoms with van der Waals surface area (Å²) in [5, 5.41) is 55.5. The second-order valence-electron chi connectivity index (χ2n) is 30.5. The summed E-state index contributed by atoms with van der Waals surface area (Å²) in [6.45, 7) is 2.17. The molecule has 0 unspecified atom stereocenters. The Morgan fingerprint density at radius 1 is 0.268 bits per heavy atom. The fraction of sp³-hybridized carbons (Fsp3) is 0.0926. The van der Waals surface area contributed by atoms with Crippen molar-refractivity contribution < 1.29 is 136 Å². The standard InChI is InChI=1S/2C52H40N4O8.2C2H4O2.2Zn/c2*1-61-34-13-5-29(6-14-34)46-39-21-22-40(53-39)47(30-7-15-35(62-2)16-8-30)42-25-26-44(55-42)49(32-11-19-37(64-4)20-12-32)50-33(27-38(51(57)58)52(59)60)28-45(56-50)48(43-24-23-41(46)54-43)31-9-17-36(63-3)18-10-31;2*1-2(3)4;;/h5-28H,1-4H3,(H4,53,54,55,56,57,58,59,60);5-28,53,56H,1-4H3,(H,57,58)(H,59,60);2*1H3,(H,3,4);;/q;;;;;+2/p-2. The molecule has 0 radical (unpaired) electrons. The zero-order chi connectivity index (χ0) is 96.1. The number of hydrogen-bond acceptors (Lipinski definition) is 18. The second-order valence-corrected chi connectivity index (χ2v) is 30.5. The first-order chi connectivity index (χ1) is 65.8. The van der Waals surface area contributed by atoms with E-state index in [4.69, 9.17) is 87.6 Å². The molecule has 28 nitrogen and oxygen atoms in total. The van der Waals surface area contributed by atoms with Gasteiger partial charge in [-0.25, -0.2) is 39.1 Å². The molecule has 0 spiro atoms. The van der Waals surface area contributed by atoms with Crippen LogP contribution in [-0.4, -0.2) is 153 Å². The van der Waals surface area contributed by atoms with Crippen LogP contribution in [0.25, 0.3) is 194 Å². The smallest absolute Gasteiger partial charge is 0.657 e. The van der Waals surface area contributed by atoms with Crippen LogP contribution in [0.2, 0.25) is 0 Å². The van der Waals surface area contributed by atoms with Crippen molar-refractivity contribution in [1.82, 2.24) is 39.9 Å². The Balaban J connectivity index is 0.000000213. The number of carboxylic acid groups (broad SMARTS) is 6. The number of fused-ring (bicyclic) bond motifs is 16. The van der Waals surface area contributed by atoms with Crippen LogP contribution in [0.15, 0.2) is 242 Å². The van der Waals surface area contributed by atoms with E-state index in [1.807, 2.05) is 255 Å². The molecule has 14 aromatic rings. The minimum Gasteiger partial charge on any atom is -0.657 e. The number of hydrogen-bond donors (Lipinski definition) is 8. The molecule has 8 N–H and O–H groups in total. The van der Waals surface area contributed by atoms with E-state index < -0.39 is 47.0 Å². The van der Waals surface area contributed by atoms with Crippen molar-refractivity contribution in [1.29, 1.82) is 0 Å². The molecule has 0 atom stereocenters. The molecular formula is C108H86N8O20Zn2. The summed E-state index contributed by atoms with van der Waals surface area (Å²) in [6.07, 6.45) is 17.6. The largest absolute Gasteiger partial charge is 2.00 e. The molecule has 0 amide bonds. The van der Waals surface area contributed by atoms with E-state index in [0.29, 0.717) is 164 Å². The predicted octanol–water partition coefficient (Wildman–Crippen LogP) is 21.3. The molecule has 6 aromatic heterocycles. The molecule has 0 saturated carbocycles. The molecule has 0 saturated heterocycles. The number of carbonyl (C=O) groups is 6. The first-order valence-corrected chi connectivity index (χ1v) is 42.0. The number of methoxy groups -OCH3 is 8. The zero-order valence-corrected chi connectivity index (χ0v) is 82.1. The van der Waals surface area contributed by atoms with Gasteiger partial charge in [-0.2, -0.15) is 0 Å². The number of carboxylic acids is 6. The molecular weight excluding hydrogens is 1860 g/mol. The van der Waals surface area contributed by atoms with E-state index in [0.717, 1.165) is 86.6 Å². The van der Waals surface area contributed by atoms with Crippen LogP contribution < -0.4 is 47.9 Å². The summed E-state index contributed by atoms with van der Waals surface area (Å²) in [6, 6.07) is 72.0. The SMILES string of the molecule is CC(=O)O.CC(=O)O.COc1ccc(-c2c3nc(c(-c4ccc(OC)cc4)c4cc(C=C(C(=O)O)C(=O)O)c([n-]4)c(-c4ccc(OC)cc4)c4nc(c(-c5ccc(OC)cc5)c5ccc2[n-]5)C=C4)C=C3)cc1.COc1ccc(-c2c3nc(c(-c4ccc(OC)cc4)c4cc(C=C(C(=O)O)C(=O)O)c([nH]4)c(-c4ccc(OC)cc4)c4nc(c(-c5ccc(OC)cc5)c5ccc2[nH]5)C=C4)C=C3)cc1.[Zn+2].[Zn]. The second kappa shape index (κ2) is 43.7. The quantitative estimate of drug-likeness (QED) is 0.0135. The van der Waals surface area contributed by atoms with Gasteiger partial charge < -0.3 is 88.5 Å². The fourth-order valence-electron chi connectivity index (χ4n) is 15.9. The number of aromatic nitrogens is 8. The van der Waals surface area contributed by atoms with Gasteiger partial charge in [0.05, 0.1) is 108 Å². The monoisotopic (exact) mass is 1940 g/mol. The van der Waals surface area contributed by atoms with Crippen LogP contribution in [-0.2, 0) is 67.7 Å². The molecule has 4 aliphatic rings. The Bertz CT molecular complexity index is 7120. The molecule has 30 heteroatoms. The minimum absolute atomic E-state index is 0. The number of rotatable bonds is 22. The summed E-state index contributed by atoms with van der Waals surface area (Å²) in [7, 11) is 12.8. The van der Waals surface area contributed by atoms with E-state index in [1.54, 1.807) is 81.1 Å². The van der Waals surface area contributed by atoms with E-state index in [9.17, 15) is 39.6 Å². The number of ether oxygens (including phenoxy) is 8. The maximum absolute atomic E-state index is 12.5. The molecule has 0 aliphatic carbocycles. The van der Waals surface area contributed by atoms with Gasteiger partial charge in [0, 0.05) is 77.7 Å². The minimum atomic E-state index is -1.61. The van der Waals surface area contributed by atoms with E-state index in [-0.39, 0.29) is 44.5 Å². The first-order valence-electron chi connectivity index (χ1n) is 42.0. The molecule has 138 heavy (non-hydrogen) atoms. The van der Waals surface area contributed by atoms with Gasteiger partial charge in [-0.1, -0.05) is 115 Å². The van der Waals surface area contributed by atoms with Crippen LogP contribution in [0, 0.1) is 0 Å². The molecule has 682 valence electrons. The normalized spacial score (nSPS) is 11.1. The Morgan fingerprint density at radius 2 is 0.493 bits per heavy atom. The first kappa shape index (κ1) is 98.4. The van der Waals surface area contributed by atoms with Crippen LogP contribution in [0.3, 0.4) is 0 Å². The third kappa shape index (κ3) is 21.6. The van der Waals surface area contributed by atoms with Crippen molar-refractivity contribution in [2.24, 2.45) is 0 Å². The Labute approximate surface area is 815 Å². The summed E-state index contributed by atoms with van der Waals surface area (Å²) in [5.41, 5.74) is 19.8. The summed E-state index contributed by atoms with van der Waals surface area (Å²) in [5.74, 6) is -2.79. The van der Waals surface area contributed by atoms with Crippen LogP contribution >= 0.6 is 0 Å². The summed E-state index contributed by atoms with van der Waals surface area (Å²) >= 11 is 0. The predicted molar refractivity (Wildman–Crippen MR) is 525 cm³/mol. The maximum atomic E-state index is 12.5. The average molecular weight is 1950 g/mol. The van der Waals surface area contributed by atoms with Crippen molar-refractivity contribution in [3.05, 3.63) is 298 Å². The topological polar surface area (TPSA) is 409 Å². The number of H-pyrrole nitrogens is 2. The molecule has 18 rings (SSSR count). The Morgan fingerprint density at radius 3 is 0.768 bits per heavy atom. The van der Waals surface area contributed by atoms with Gasteiger partial charge in [0.1, 0.15) is 57.1 Å². The number of aliphatic carboxylic acids is 6. The fourth-order valence-corrected chi connectivity index (χ4v) is 15.9. The Kier molecular flexibility index (Phi) is 31.2. The van der Waals surface area contributed by atoms with Gasteiger partial charge in [0.2, 0.25) is 0 Å². The van der Waals surface area contributed by atoms with Gasteiger partial charge in [-0.05, 0) is 248 Å². The Hall–Kier alpha value is -17.1. The number of benzene rings is 8. The van der Waals surface area contributed by atoms with E-state index in [2.05, 4.69) is 9.97 Å². The van der Waals surface area contributed by atoms with Gasteiger partial charge in [0.25, 0.3) is 11.9 Å². The molecule has 4 aliphatic heterocycles. The van der Waals surface area contributed by atoms with Gasteiger partial charge in [0.15, 0.2) is 0 Å². The summed E-state index contributed by atoms with van der Waals surface area (Å²) in [4.78, 5) is 107. The number of aromatic amines is 2. The average Bonchev–Trinajstić information content (AvgIpc) is 1.60. The van der Waals surface area contributed by atoms with E-state index in [1.165, 1.54) is 6.08 Å². The molecule has 8 aromatic carbocycles. The van der Waals surface area contributed by atoms with Crippen molar-refractivity contribution in [3.8, 4) is 135 Å². The number of nitrogens with one attached hydrogen (secondary N) is 2. The molecule has 0 fully saturated rings. The van der Waals surface area contributed by atoms with Crippen molar-refractivity contribution >= 4 is 141 Å². The van der Waals surface area contributed by atoms with Gasteiger partial charge in [-0.15, -0.1) is 22.1 Å². The third-order valence-corrected chi connectivity index (χ3v) is 22.2. The van der Waals surface area contributed by atoms with E-state index >= 15 is 0 Å². The van der Waals surface area contributed by atoms with Crippen molar-refractivity contribution in [2.75, 3.05) is 56.9 Å².